The van der Waals surface area contributed by atoms with Crippen LogP contribution in [0.4, 0.5) is 5.69 Å². The lowest BCUT2D eigenvalue weighted by molar-refractivity contribution is -0.143. The summed E-state index contributed by atoms with van der Waals surface area (Å²) >= 11 is 17.8. The number of carbonyl (C=O) groups is 3. The molecule has 2 fully saturated rings. The van der Waals surface area contributed by atoms with Gasteiger partial charge < -0.3 is 5.32 Å². The van der Waals surface area contributed by atoms with Gasteiger partial charge in [0.25, 0.3) is 0 Å². The zero-order chi connectivity index (χ0) is 17.9. The minimum absolute atomic E-state index is 0.115. The monoisotopic (exact) mass is 398 g/mol. The zero-order valence-corrected chi connectivity index (χ0v) is 15.1. The zero-order valence-electron chi connectivity index (χ0n) is 12.8. The summed E-state index contributed by atoms with van der Waals surface area (Å²) in [6.45, 7) is -0.333. The molecule has 130 valence electrons. The third kappa shape index (κ3) is 2.65. The van der Waals surface area contributed by atoms with Crippen LogP contribution < -0.4 is 5.32 Å². The third-order valence-corrected chi connectivity index (χ3v) is 6.18. The highest BCUT2D eigenvalue weighted by Gasteiger charge is 2.59. The molecule has 4 rings (SSSR count). The summed E-state index contributed by atoms with van der Waals surface area (Å²) in [5.74, 6) is -1.44. The maximum atomic E-state index is 12.6. The number of halogens is 3. The van der Waals surface area contributed by atoms with Gasteiger partial charge in [0.2, 0.25) is 17.7 Å². The molecule has 4 unspecified atom stereocenters. The number of carbonyl (C=O) groups excluding carboxylic acids is 3. The van der Waals surface area contributed by atoms with Crippen LogP contribution in [-0.4, -0.2) is 29.2 Å². The van der Waals surface area contributed by atoms with Crippen LogP contribution in [0.25, 0.3) is 0 Å². The van der Waals surface area contributed by atoms with Crippen LogP contribution in [0.15, 0.2) is 24.3 Å². The van der Waals surface area contributed by atoms with E-state index in [4.69, 9.17) is 34.8 Å². The van der Waals surface area contributed by atoms with Gasteiger partial charge in [-0.1, -0.05) is 47.0 Å². The number of anilines is 1. The van der Waals surface area contributed by atoms with Gasteiger partial charge in [0, 0.05) is 0 Å². The number of fused-ring (bicyclic) bond motifs is 5. The number of nitrogens with one attached hydrogen (secondary N) is 1. The number of hydrogen-bond acceptors (Lipinski definition) is 3. The van der Waals surface area contributed by atoms with E-state index in [2.05, 4.69) is 5.32 Å². The van der Waals surface area contributed by atoms with Gasteiger partial charge in [0.15, 0.2) is 0 Å². The summed E-state index contributed by atoms with van der Waals surface area (Å²) in [5, 5.41) is 3.31. The van der Waals surface area contributed by atoms with E-state index >= 15 is 0 Å². The summed E-state index contributed by atoms with van der Waals surface area (Å²) in [4.78, 5) is 38.5. The minimum Gasteiger partial charge on any atom is -0.323 e. The summed E-state index contributed by atoms with van der Waals surface area (Å²) in [6.07, 6.45) is 4.87. The fraction of sp³-hybridized carbons (Fsp3) is 0.353. The summed E-state index contributed by atoms with van der Waals surface area (Å²) in [7, 11) is 0. The van der Waals surface area contributed by atoms with Crippen molar-refractivity contribution in [3.05, 3.63) is 39.4 Å². The first-order chi connectivity index (χ1) is 11.9. The van der Waals surface area contributed by atoms with Crippen molar-refractivity contribution in [1.82, 2.24) is 4.90 Å². The van der Waals surface area contributed by atoms with Gasteiger partial charge >= 0.3 is 0 Å². The minimum atomic E-state index is -0.512. The van der Waals surface area contributed by atoms with Gasteiger partial charge in [-0.05, 0) is 30.4 Å². The average Bonchev–Trinajstić information content (AvgIpc) is 3.22. The van der Waals surface area contributed by atoms with Gasteiger partial charge in [-0.3, -0.25) is 19.3 Å². The number of benzene rings is 1. The van der Waals surface area contributed by atoms with Crippen molar-refractivity contribution in [1.29, 1.82) is 0 Å². The second-order valence-corrected chi connectivity index (χ2v) is 7.78. The van der Waals surface area contributed by atoms with E-state index < -0.39 is 5.91 Å². The summed E-state index contributed by atoms with van der Waals surface area (Å²) in [6, 6.07) is 2.84. The van der Waals surface area contributed by atoms with E-state index in [1.807, 2.05) is 12.2 Å². The van der Waals surface area contributed by atoms with Gasteiger partial charge in [-0.25, -0.2) is 0 Å². The van der Waals surface area contributed by atoms with E-state index in [0.29, 0.717) is 0 Å². The van der Waals surface area contributed by atoms with Crippen molar-refractivity contribution in [3.8, 4) is 0 Å². The molecule has 2 bridgehead atoms. The van der Waals surface area contributed by atoms with Crippen LogP contribution in [0, 0.1) is 23.7 Å². The van der Waals surface area contributed by atoms with E-state index in [1.165, 1.54) is 12.1 Å². The maximum absolute atomic E-state index is 12.6. The molecule has 1 aromatic carbocycles. The highest BCUT2D eigenvalue weighted by Crippen LogP contribution is 2.52. The Morgan fingerprint density at radius 1 is 1.00 bits per heavy atom. The van der Waals surface area contributed by atoms with Crippen molar-refractivity contribution < 1.29 is 14.4 Å². The molecule has 3 aliphatic rings. The van der Waals surface area contributed by atoms with Crippen molar-refractivity contribution in [2.75, 3.05) is 11.9 Å². The Morgan fingerprint density at radius 2 is 1.56 bits per heavy atom. The predicted octanol–water partition coefficient (Wildman–Crippen LogP) is 3.39. The van der Waals surface area contributed by atoms with Crippen LogP contribution in [-0.2, 0) is 14.4 Å². The Kier molecular flexibility index (Phi) is 4.06. The first kappa shape index (κ1) is 16.9. The van der Waals surface area contributed by atoms with Crippen LogP contribution in [0.3, 0.4) is 0 Å². The smallest absolute Gasteiger partial charge is 0.244 e. The fourth-order valence-electron chi connectivity index (χ4n) is 4.07. The van der Waals surface area contributed by atoms with Crippen LogP contribution in [0.5, 0.6) is 0 Å². The maximum Gasteiger partial charge on any atom is 0.244 e. The predicted molar refractivity (Wildman–Crippen MR) is 94.5 cm³/mol. The van der Waals surface area contributed by atoms with Crippen molar-refractivity contribution >= 4 is 58.2 Å². The molecule has 8 heteroatoms. The third-order valence-electron chi connectivity index (χ3n) is 5.15. The molecule has 5 nitrogen and oxygen atoms in total. The molecule has 1 heterocycles. The molecule has 3 amide bonds. The molecule has 25 heavy (non-hydrogen) atoms. The largest absolute Gasteiger partial charge is 0.323 e. The lowest BCUT2D eigenvalue weighted by Crippen LogP contribution is -2.39. The molecule has 2 aliphatic carbocycles. The van der Waals surface area contributed by atoms with E-state index in [0.717, 1.165) is 11.3 Å². The standard InChI is InChI=1S/C17H13Cl3N2O3/c18-9-4-11(20)12(5-10(9)19)21-13(23)6-22-16(24)14-7-1-2-8(3-7)15(14)17(22)25/h1-2,4-5,7-8,14-15H,3,6H2,(H,21,23). The van der Waals surface area contributed by atoms with E-state index in [-0.39, 0.29) is 62.8 Å². The highest BCUT2D eigenvalue weighted by molar-refractivity contribution is 6.44. The second-order valence-electron chi connectivity index (χ2n) is 6.56. The number of imide groups is 1. The molecule has 1 aliphatic heterocycles. The molecule has 0 radical (unpaired) electrons. The van der Waals surface area contributed by atoms with Crippen molar-refractivity contribution in [3.63, 3.8) is 0 Å². The molecular formula is C17H13Cl3N2O3. The second kappa shape index (κ2) is 6.01. The molecule has 0 spiro atoms. The normalized spacial score (nSPS) is 29.5. The number of nitrogens with zero attached hydrogens (tertiary/aromatic N) is 1. The van der Waals surface area contributed by atoms with E-state index in [1.54, 1.807) is 0 Å². The van der Waals surface area contributed by atoms with Gasteiger partial charge in [0.05, 0.1) is 32.6 Å². The van der Waals surface area contributed by atoms with Gasteiger partial charge in [0.1, 0.15) is 6.54 Å². The first-order valence-corrected chi connectivity index (χ1v) is 8.98. The van der Waals surface area contributed by atoms with Crippen LogP contribution >= 0.6 is 34.8 Å². The molecule has 1 saturated carbocycles. The molecule has 1 aromatic rings. The molecule has 4 atom stereocenters. The number of rotatable bonds is 3. The van der Waals surface area contributed by atoms with Crippen molar-refractivity contribution in [2.45, 2.75) is 6.42 Å². The average molecular weight is 400 g/mol. The molecular weight excluding hydrogens is 387 g/mol. The fourth-order valence-corrected chi connectivity index (χ4v) is 4.67. The summed E-state index contributed by atoms with van der Waals surface area (Å²) < 4.78 is 0. The Labute approximate surface area is 158 Å². The summed E-state index contributed by atoms with van der Waals surface area (Å²) in [5.41, 5.74) is 0.280. The highest BCUT2D eigenvalue weighted by atomic mass is 35.5. The molecule has 1 N–H and O–H groups in total. The van der Waals surface area contributed by atoms with Gasteiger partial charge in [-0.15, -0.1) is 0 Å². The first-order valence-electron chi connectivity index (χ1n) is 7.84. The van der Waals surface area contributed by atoms with E-state index in [9.17, 15) is 14.4 Å². The SMILES string of the molecule is O=C(CN1C(=O)C2C3C=CC(C3)C2C1=O)Nc1cc(Cl)c(Cl)cc1Cl. The quantitative estimate of drug-likeness (QED) is 0.481. The number of hydrogen-bond donors (Lipinski definition) is 1. The van der Waals surface area contributed by atoms with Gasteiger partial charge in [-0.2, -0.15) is 0 Å². The Morgan fingerprint density at radius 3 is 2.16 bits per heavy atom. The number of likely N-dealkylation sites (tertiary alicyclic amines) is 1. The number of allylic oxidation sites excluding steroid dienone is 2. The van der Waals surface area contributed by atoms with Crippen molar-refractivity contribution in [2.24, 2.45) is 23.7 Å². The Balaban J connectivity index is 1.48. The Bertz CT molecular complexity index is 809. The lowest BCUT2D eigenvalue weighted by atomic mass is 9.85. The van der Waals surface area contributed by atoms with Crippen LogP contribution in [0.1, 0.15) is 6.42 Å². The molecule has 0 aromatic heterocycles. The number of amides is 3. The Hall–Kier alpha value is -1.56. The van der Waals surface area contributed by atoms with Crippen LogP contribution in [0.2, 0.25) is 15.1 Å². The topological polar surface area (TPSA) is 66.5 Å². The lowest BCUT2D eigenvalue weighted by Gasteiger charge is -2.17. The molecule has 1 saturated heterocycles.